The lowest BCUT2D eigenvalue weighted by atomic mass is 10.1. The number of aromatic hydroxyl groups is 1. The number of nitrogens with one attached hydrogen (secondary N) is 1. The molecule has 0 aliphatic carbocycles. The SMILES string of the molecule is C=CC(=O)NN1CCN(c2ncnc3c(=O)n(-c4c(O)cccc4F)c(C(F)(F)F)cc23)CC1. The molecule has 0 unspecified atom stereocenters. The molecule has 13 heteroatoms. The average Bonchev–Trinajstić information content (AvgIpc) is 2.79. The zero-order chi connectivity index (χ0) is 24.6. The first-order valence-corrected chi connectivity index (χ1v) is 10.0. The number of nitrogens with zero attached hydrogens (tertiary/aromatic N) is 5. The Hall–Kier alpha value is -4.00. The Morgan fingerprint density at radius 3 is 2.50 bits per heavy atom. The fraction of sp³-hybridized carbons (Fsp3) is 0.238. The van der Waals surface area contributed by atoms with Gasteiger partial charge in [-0.25, -0.2) is 19.4 Å². The van der Waals surface area contributed by atoms with E-state index >= 15 is 0 Å². The number of pyridine rings is 1. The molecular formula is C21H18F4N6O3. The van der Waals surface area contributed by atoms with E-state index in [0.717, 1.165) is 30.6 Å². The standard InChI is InChI=1S/C21H18F4N6O3/c1-2-16(33)28-30-8-6-29(7-9-30)19-12-10-15(21(23,24)25)31(20(34)17(12)26-11-27-19)18-13(22)4-3-5-14(18)32/h2-5,10-11,32H,1,6-9H2,(H,28,33). The Morgan fingerprint density at radius 1 is 1.18 bits per heavy atom. The first kappa shape index (κ1) is 23.2. The molecule has 4 rings (SSSR count). The molecule has 0 bridgehead atoms. The number of anilines is 1. The number of phenols is 1. The van der Waals surface area contributed by atoms with Crippen LogP contribution in [0.15, 0.2) is 48.0 Å². The Bertz CT molecular complexity index is 1310. The van der Waals surface area contributed by atoms with E-state index in [1.165, 1.54) is 0 Å². The molecule has 2 aromatic heterocycles. The van der Waals surface area contributed by atoms with Gasteiger partial charge in [-0.15, -0.1) is 0 Å². The second-order valence-electron chi connectivity index (χ2n) is 7.39. The highest BCUT2D eigenvalue weighted by atomic mass is 19.4. The number of hydrogen-bond acceptors (Lipinski definition) is 7. The predicted molar refractivity (Wildman–Crippen MR) is 114 cm³/mol. The van der Waals surface area contributed by atoms with Crippen molar-refractivity contribution in [1.29, 1.82) is 0 Å². The topological polar surface area (TPSA) is 104 Å². The van der Waals surface area contributed by atoms with Gasteiger partial charge in [0, 0.05) is 26.2 Å². The van der Waals surface area contributed by atoms with Gasteiger partial charge in [-0.2, -0.15) is 13.2 Å². The molecule has 1 aliphatic heterocycles. The Balaban J connectivity index is 1.84. The van der Waals surface area contributed by atoms with E-state index in [2.05, 4.69) is 22.0 Å². The van der Waals surface area contributed by atoms with E-state index in [0.29, 0.717) is 19.2 Å². The number of carbonyl (C=O) groups is 1. The van der Waals surface area contributed by atoms with Crippen LogP contribution in [0.4, 0.5) is 23.4 Å². The summed E-state index contributed by atoms with van der Waals surface area (Å²) in [7, 11) is 0. The second kappa shape index (κ2) is 8.74. The molecule has 34 heavy (non-hydrogen) atoms. The average molecular weight is 478 g/mol. The Labute approximate surface area is 189 Å². The van der Waals surface area contributed by atoms with Crippen molar-refractivity contribution < 1.29 is 27.5 Å². The first-order valence-electron chi connectivity index (χ1n) is 10.0. The zero-order valence-corrected chi connectivity index (χ0v) is 17.5. The number of carbonyl (C=O) groups excluding carboxylic acids is 1. The highest BCUT2D eigenvalue weighted by Crippen LogP contribution is 2.36. The largest absolute Gasteiger partial charge is 0.506 e. The van der Waals surface area contributed by atoms with E-state index in [1.54, 1.807) is 9.91 Å². The maximum Gasteiger partial charge on any atom is 0.431 e. The number of rotatable bonds is 4. The van der Waals surface area contributed by atoms with E-state index < -0.39 is 40.6 Å². The Kier molecular flexibility index (Phi) is 5.96. The van der Waals surface area contributed by atoms with Crippen molar-refractivity contribution in [2.45, 2.75) is 6.18 Å². The van der Waals surface area contributed by atoms with E-state index in [4.69, 9.17) is 0 Å². The molecule has 2 N–H and O–H groups in total. The zero-order valence-electron chi connectivity index (χ0n) is 17.5. The molecule has 3 aromatic rings. The molecule has 1 aromatic carbocycles. The quantitative estimate of drug-likeness (QED) is 0.437. The van der Waals surface area contributed by atoms with Gasteiger partial charge in [-0.3, -0.25) is 19.6 Å². The highest BCUT2D eigenvalue weighted by Gasteiger charge is 2.38. The summed E-state index contributed by atoms with van der Waals surface area (Å²) >= 11 is 0. The van der Waals surface area contributed by atoms with Gasteiger partial charge in [0.25, 0.3) is 11.5 Å². The Morgan fingerprint density at radius 2 is 1.88 bits per heavy atom. The van der Waals surface area contributed by atoms with Gasteiger partial charge in [0.05, 0.1) is 5.39 Å². The van der Waals surface area contributed by atoms with Crippen molar-refractivity contribution in [1.82, 2.24) is 25.0 Å². The third-order valence-electron chi connectivity index (χ3n) is 5.30. The molecule has 0 atom stereocenters. The minimum atomic E-state index is -5.07. The van der Waals surface area contributed by atoms with Crippen molar-refractivity contribution in [3.05, 3.63) is 65.1 Å². The van der Waals surface area contributed by atoms with E-state index in [-0.39, 0.29) is 34.4 Å². The molecule has 0 spiro atoms. The summed E-state index contributed by atoms with van der Waals surface area (Å²) in [5.41, 5.74) is -1.43. The lowest BCUT2D eigenvalue weighted by molar-refractivity contribution is -0.142. The van der Waals surface area contributed by atoms with Gasteiger partial charge in [0.1, 0.15) is 34.8 Å². The van der Waals surface area contributed by atoms with Gasteiger partial charge in [-0.1, -0.05) is 12.6 Å². The van der Waals surface area contributed by atoms with Crippen LogP contribution in [0.1, 0.15) is 5.69 Å². The number of amides is 1. The number of aromatic nitrogens is 3. The van der Waals surface area contributed by atoms with Gasteiger partial charge >= 0.3 is 6.18 Å². The monoisotopic (exact) mass is 478 g/mol. The summed E-state index contributed by atoms with van der Waals surface area (Å²) in [5, 5.41) is 11.5. The molecule has 178 valence electrons. The third kappa shape index (κ3) is 4.17. The van der Waals surface area contributed by atoms with Crippen LogP contribution in [-0.4, -0.2) is 56.7 Å². The van der Waals surface area contributed by atoms with Crippen LogP contribution < -0.4 is 15.9 Å². The van der Waals surface area contributed by atoms with Gasteiger partial charge in [-0.05, 0) is 24.3 Å². The minimum absolute atomic E-state index is 0.0759. The van der Waals surface area contributed by atoms with Crippen molar-refractivity contribution in [2.24, 2.45) is 0 Å². The molecule has 1 fully saturated rings. The van der Waals surface area contributed by atoms with Crippen LogP contribution in [0.3, 0.4) is 0 Å². The molecular weight excluding hydrogens is 460 g/mol. The lowest BCUT2D eigenvalue weighted by Gasteiger charge is -2.35. The van der Waals surface area contributed by atoms with Crippen molar-refractivity contribution in [3.8, 4) is 11.4 Å². The molecule has 0 saturated carbocycles. The molecule has 1 amide bonds. The smallest absolute Gasteiger partial charge is 0.431 e. The molecule has 3 heterocycles. The minimum Gasteiger partial charge on any atom is -0.506 e. The van der Waals surface area contributed by atoms with Crippen LogP contribution in [0.2, 0.25) is 0 Å². The summed E-state index contributed by atoms with van der Waals surface area (Å²) in [4.78, 5) is 34.2. The number of fused-ring (bicyclic) bond motifs is 1. The highest BCUT2D eigenvalue weighted by molar-refractivity contribution is 5.89. The van der Waals surface area contributed by atoms with Crippen LogP contribution in [-0.2, 0) is 11.0 Å². The number of halogens is 4. The van der Waals surface area contributed by atoms with E-state index in [9.17, 15) is 32.3 Å². The summed E-state index contributed by atoms with van der Waals surface area (Å²) < 4.78 is 56.6. The van der Waals surface area contributed by atoms with E-state index in [1.807, 2.05) is 0 Å². The lowest BCUT2D eigenvalue weighted by Crippen LogP contribution is -2.53. The van der Waals surface area contributed by atoms with Gasteiger partial charge < -0.3 is 10.0 Å². The van der Waals surface area contributed by atoms with Gasteiger partial charge in [0.15, 0.2) is 5.82 Å². The van der Waals surface area contributed by atoms with Gasteiger partial charge in [0.2, 0.25) is 0 Å². The number of benzene rings is 1. The fourth-order valence-corrected chi connectivity index (χ4v) is 3.75. The number of hydrazine groups is 1. The van der Waals surface area contributed by atoms with Crippen LogP contribution in [0.25, 0.3) is 16.6 Å². The maximum atomic E-state index is 14.4. The summed E-state index contributed by atoms with van der Waals surface area (Å²) in [5.74, 6) is -2.35. The van der Waals surface area contributed by atoms with Crippen LogP contribution in [0, 0.1) is 5.82 Å². The van der Waals surface area contributed by atoms with Crippen LogP contribution >= 0.6 is 0 Å². The number of piperazine rings is 1. The van der Waals surface area contributed by atoms with Crippen LogP contribution in [0.5, 0.6) is 5.75 Å². The molecule has 1 saturated heterocycles. The third-order valence-corrected chi connectivity index (χ3v) is 5.30. The van der Waals surface area contributed by atoms with Crippen molar-refractivity contribution in [3.63, 3.8) is 0 Å². The summed E-state index contributed by atoms with van der Waals surface area (Å²) in [6.45, 7) is 4.59. The second-order valence-corrected chi connectivity index (χ2v) is 7.39. The molecule has 0 radical (unpaired) electrons. The molecule has 9 nitrogen and oxygen atoms in total. The number of alkyl halides is 3. The predicted octanol–water partition coefficient (Wildman–Crippen LogP) is 1.98. The molecule has 1 aliphatic rings. The fourth-order valence-electron chi connectivity index (χ4n) is 3.75. The normalized spacial score (nSPS) is 14.9. The maximum absolute atomic E-state index is 14.4. The number of para-hydroxylation sites is 1. The van der Waals surface area contributed by atoms with Crippen molar-refractivity contribution in [2.75, 3.05) is 31.1 Å². The first-order chi connectivity index (χ1) is 16.1. The van der Waals surface area contributed by atoms with Crippen molar-refractivity contribution >= 4 is 22.6 Å². The summed E-state index contributed by atoms with van der Waals surface area (Å²) in [6.07, 6.45) is -2.92. The number of phenolic OH excluding ortho intramolecular Hbond substituents is 1. The summed E-state index contributed by atoms with van der Waals surface area (Å²) in [6, 6.07) is 3.59. The number of hydrogen-bond donors (Lipinski definition) is 2.